The van der Waals surface area contributed by atoms with Gasteiger partial charge in [0, 0.05) is 22.4 Å². The fourth-order valence-corrected chi connectivity index (χ4v) is 8.54. The molecule has 266 valence electrons. The summed E-state index contributed by atoms with van der Waals surface area (Å²) in [4.78, 5) is 10.7. The number of aromatic nitrogens is 3. The fourth-order valence-electron chi connectivity index (χ4n) is 8.54. The molecule has 0 radical (unpaired) electrons. The molecule has 0 bridgehead atoms. The van der Waals surface area contributed by atoms with E-state index in [-0.39, 0.29) is 0 Å². The number of benzene rings is 9. The standard InChI is InChI=1S/C54H35N3/c1-4-17-37(18-5-1)48-34-42(35-49(55-48)38-19-6-2-7-20-38)54-56-50-33-41(30-31-51(50)57(54)43-22-8-3-9-23-43)53-46-26-14-12-24-44(46)52(45-25-13-15-27-47(45)53)40-29-28-36-16-10-11-21-39(36)32-40/h1-35H. The van der Waals surface area contributed by atoms with Crippen molar-refractivity contribution in [3.63, 3.8) is 0 Å². The molecule has 57 heavy (non-hydrogen) atoms. The van der Waals surface area contributed by atoms with Gasteiger partial charge in [0.1, 0.15) is 5.82 Å². The Balaban J connectivity index is 1.15. The summed E-state index contributed by atoms with van der Waals surface area (Å²) in [6, 6.07) is 75.7. The van der Waals surface area contributed by atoms with Crippen molar-refractivity contribution in [1.82, 2.24) is 14.5 Å². The number of hydrogen-bond donors (Lipinski definition) is 0. The average molecular weight is 726 g/mol. The maximum absolute atomic E-state index is 5.50. The van der Waals surface area contributed by atoms with Crippen molar-refractivity contribution in [3.05, 3.63) is 212 Å². The third-order valence-electron chi connectivity index (χ3n) is 11.1. The number of rotatable bonds is 6. The lowest BCUT2D eigenvalue weighted by Gasteiger charge is -2.18. The van der Waals surface area contributed by atoms with E-state index in [1.807, 2.05) is 12.1 Å². The molecule has 0 unspecified atom stereocenters. The predicted octanol–water partition coefficient (Wildman–Crippen LogP) is 14.2. The van der Waals surface area contributed by atoms with E-state index >= 15 is 0 Å². The Labute approximate surface area is 330 Å². The molecule has 0 saturated heterocycles. The Morgan fingerprint density at radius 1 is 0.316 bits per heavy atom. The minimum atomic E-state index is 0.867. The lowest BCUT2D eigenvalue weighted by Crippen LogP contribution is -1.99. The molecule has 11 rings (SSSR count). The SMILES string of the molecule is c1ccc(-c2cc(-c3nc4cc(-c5c6ccccc6c(-c6ccc7ccccc7c6)c6ccccc56)ccc4n3-c3ccccc3)cc(-c3ccccc3)n2)cc1. The van der Waals surface area contributed by atoms with Gasteiger partial charge in [0.2, 0.25) is 0 Å². The van der Waals surface area contributed by atoms with Crippen molar-refractivity contribution in [2.75, 3.05) is 0 Å². The minimum Gasteiger partial charge on any atom is -0.292 e. The Bertz CT molecular complexity index is 3160. The van der Waals surface area contributed by atoms with Crippen molar-refractivity contribution in [1.29, 1.82) is 0 Å². The molecule has 0 amide bonds. The second-order valence-electron chi connectivity index (χ2n) is 14.6. The second kappa shape index (κ2) is 13.6. The van der Waals surface area contributed by atoms with Crippen LogP contribution in [0.5, 0.6) is 0 Å². The molecule has 0 aliphatic carbocycles. The number of nitrogens with zero attached hydrogens (tertiary/aromatic N) is 3. The molecule has 0 spiro atoms. The monoisotopic (exact) mass is 725 g/mol. The molecule has 2 heterocycles. The van der Waals surface area contributed by atoms with Gasteiger partial charge < -0.3 is 0 Å². The third-order valence-corrected chi connectivity index (χ3v) is 11.1. The van der Waals surface area contributed by atoms with Crippen molar-refractivity contribution < 1.29 is 0 Å². The van der Waals surface area contributed by atoms with E-state index in [0.29, 0.717) is 0 Å². The number of imidazole rings is 1. The Morgan fingerprint density at radius 3 is 1.37 bits per heavy atom. The topological polar surface area (TPSA) is 30.7 Å². The van der Waals surface area contributed by atoms with Crippen LogP contribution in [0.1, 0.15) is 0 Å². The van der Waals surface area contributed by atoms with Crippen LogP contribution in [0.3, 0.4) is 0 Å². The van der Waals surface area contributed by atoms with Crippen LogP contribution in [0.2, 0.25) is 0 Å². The molecule has 0 saturated carbocycles. The van der Waals surface area contributed by atoms with Crippen molar-refractivity contribution in [2.45, 2.75) is 0 Å². The van der Waals surface area contributed by atoms with E-state index in [2.05, 4.69) is 205 Å². The predicted molar refractivity (Wildman–Crippen MR) is 239 cm³/mol. The summed E-state index contributed by atoms with van der Waals surface area (Å²) >= 11 is 0. The van der Waals surface area contributed by atoms with Crippen LogP contribution in [0.15, 0.2) is 212 Å². The van der Waals surface area contributed by atoms with Gasteiger partial charge in [-0.05, 0) is 97.0 Å². The van der Waals surface area contributed by atoms with Crippen molar-refractivity contribution in [2.24, 2.45) is 0 Å². The summed E-state index contributed by atoms with van der Waals surface area (Å²) < 4.78 is 2.29. The summed E-state index contributed by atoms with van der Waals surface area (Å²) in [6.07, 6.45) is 0. The van der Waals surface area contributed by atoms with E-state index in [9.17, 15) is 0 Å². The zero-order valence-electron chi connectivity index (χ0n) is 31.0. The molecule has 0 aliphatic heterocycles. The van der Waals surface area contributed by atoms with Crippen LogP contribution < -0.4 is 0 Å². The van der Waals surface area contributed by atoms with Gasteiger partial charge in [-0.3, -0.25) is 4.57 Å². The van der Waals surface area contributed by atoms with Crippen LogP contribution in [0.4, 0.5) is 0 Å². The molecule has 0 N–H and O–H groups in total. The van der Waals surface area contributed by atoms with Crippen LogP contribution in [-0.2, 0) is 0 Å². The first-order valence-corrected chi connectivity index (χ1v) is 19.4. The molecular formula is C54H35N3. The highest BCUT2D eigenvalue weighted by atomic mass is 15.1. The van der Waals surface area contributed by atoms with Gasteiger partial charge in [-0.15, -0.1) is 0 Å². The van der Waals surface area contributed by atoms with Crippen LogP contribution >= 0.6 is 0 Å². The number of hydrogen-bond acceptors (Lipinski definition) is 2. The molecule has 3 heteroatoms. The van der Waals surface area contributed by atoms with Crippen molar-refractivity contribution in [3.8, 4) is 61.8 Å². The number of para-hydroxylation sites is 1. The third kappa shape index (κ3) is 5.68. The van der Waals surface area contributed by atoms with E-state index in [1.165, 1.54) is 49.0 Å². The normalized spacial score (nSPS) is 11.5. The zero-order valence-corrected chi connectivity index (χ0v) is 31.0. The summed E-state index contributed by atoms with van der Waals surface area (Å²) in [5.74, 6) is 0.867. The van der Waals surface area contributed by atoms with Gasteiger partial charge >= 0.3 is 0 Å². The Morgan fingerprint density at radius 2 is 0.789 bits per heavy atom. The highest BCUT2D eigenvalue weighted by molar-refractivity contribution is 6.22. The van der Waals surface area contributed by atoms with E-state index in [4.69, 9.17) is 9.97 Å². The quantitative estimate of drug-likeness (QED) is 0.160. The maximum Gasteiger partial charge on any atom is 0.145 e. The average Bonchev–Trinajstić information content (AvgIpc) is 3.68. The maximum atomic E-state index is 5.50. The largest absolute Gasteiger partial charge is 0.292 e. The number of pyridine rings is 1. The summed E-state index contributed by atoms with van der Waals surface area (Å²) in [5.41, 5.74) is 12.8. The molecule has 2 aromatic heterocycles. The smallest absolute Gasteiger partial charge is 0.145 e. The van der Waals surface area contributed by atoms with E-state index in [0.717, 1.165) is 56.2 Å². The molecule has 9 aromatic carbocycles. The highest BCUT2D eigenvalue weighted by Crippen LogP contribution is 2.45. The first-order chi connectivity index (χ1) is 28.3. The lowest BCUT2D eigenvalue weighted by molar-refractivity contribution is 1.10. The summed E-state index contributed by atoms with van der Waals surface area (Å²) in [6.45, 7) is 0. The second-order valence-corrected chi connectivity index (χ2v) is 14.6. The lowest BCUT2D eigenvalue weighted by atomic mass is 9.85. The van der Waals surface area contributed by atoms with E-state index in [1.54, 1.807) is 0 Å². The van der Waals surface area contributed by atoms with Gasteiger partial charge in [-0.2, -0.15) is 0 Å². The zero-order chi connectivity index (χ0) is 37.7. The molecule has 0 aliphatic rings. The minimum absolute atomic E-state index is 0.867. The molecular weight excluding hydrogens is 691 g/mol. The molecule has 0 fully saturated rings. The van der Waals surface area contributed by atoms with Gasteiger partial charge in [-0.1, -0.05) is 170 Å². The summed E-state index contributed by atoms with van der Waals surface area (Å²) in [7, 11) is 0. The molecule has 3 nitrogen and oxygen atoms in total. The van der Waals surface area contributed by atoms with Gasteiger partial charge in [0.25, 0.3) is 0 Å². The first-order valence-electron chi connectivity index (χ1n) is 19.4. The summed E-state index contributed by atoms with van der Waals surface area (Å²) in [5, 5.41) is 7.38. The van der Waals surface area contributed by atoms with E-state index < -0.39 is 0 Å². The highest BCUT2D eigenvalue weighted by Gasteiger charge is 2.21. The van der Waals surface area contributed by atoms with Gasteiger partial charge in [0.15, 0.2) is 0 Å². The van der Waals surface area contributed by atoms with Crippen LogP contribution in [0, 0.1) is 0 Å². The van der Waals surface area contributed by atoms with Gasteiger partial charge in [-0.25, -0.2) is 9.97 Å². The fraction of sp³-hybridized carbons (Fsp3) is 0. The Kier molecular flexibility index (Phi) is 7.82. The molecule has 0 atom stereocenters. The molecule has 11 aromatic rings. The van der Waals surface area contributed by atoms with Crippen LogP contribution in [0.25, 0.3) is 105 Å². The Hall–Kier alpha value is -7.62. The first kappa shape index (κ1) is 32.8. The van der Waals surface area contributed by atoms with Crippen LogP contribution in [-0.4, -0.2) is 14.5 Å². The number of fused-ring (bicyclic) bond motifs is 4. The van der Waals surface area contributed by atoms with Crippen molar-refractivity contribution >= 4 is 43.4 Å². The van der Waals surface area contributed by atoms with Gasteiger partial charge in [0.05, 0.1) is 22.4 Å².